The van der Waals surface area contributed by atoms with E-state index in [-0.39, 0.29) is 23.7 Å². The summed E-state index contributed by atoms with van der Waals surface area (Å²) in [7, 11) is -2.48. The first kappa shape index (κ1) is 13.8. The Kier molecular flexibility index (Phi) is 3.24. The Morgan fingerprint density at radius 1 is 1.58 bits per heavy atom. The van der Waals surface area contributed by atoms with Crippen molar-refractivity contribution in [2.75, 3.05) is 12.3 Å². The van der Waals surface area contributed by atoms with Crippen molar-refractivity contribution in [3.8, 4) is 0 Å². The van der Waals surface area contributed by atoms with Crippen molar-refractivity contribution in [3.63, 3.8) is 0 Å². The number of nitrogen functional groups attached to an aromatic ring is 1. The number of primary amides is 1. The van der Waals surface area contributed by atoms with Crippen molar-refractivity contribution < 1.29 is 18.3 Å². The van der Waals surface area contributed by atoms with E-state index in [2.05, 4.69) is 5.10 Å². The number of carbonyl (C=O) groups is 1. The van der Waals surface area contributed by atoms with E-state index in [0.717, 1.165) is 4.31 Å². The lowest BCUT2D eigenvalue weighted by Gasteiger charge is -2.20. The highest BCUT2D eigenvalue weighted by Crippen LogP contribution is 2.28. The molecular formula is C9H15N5O4S. The molecule has 2 rings (SSSR count). The second kappa shape index (κ2) is 4.47. The number of hydrogen-bond acceptors (Lipinski definition) is 6. The molecular weight excluding hydrogens is 274 g/mol. The molecule has 1 aromatic rings. The number of nitrogens with zero attached hydrogens (tertiary/aromatic N) is 3. The summed E-state index contributed by atoms with van der Waals surface area (Å²) in [6, 6.07) is -1.07. The van der Waals surface area contributed by atoms with Gasteiger partial charge in [0.05, 0.1) is 6.10 Å². The standard InChI is InChI=1S/C9H15N5O4S/c1-13-4-7(8(10)12-13)19(17,18)14-3-5(15)2-6(14)9(11)16/h4-6,15H,2-3H2,1H3,(H2,10,12)(H2,11,16). The summed E-state index contributed by atoms with van der Waals surface area (Å²) in [5.41, 5.74) is 10.7. The molecule has 0 radical (unpaired) electrons. The Bertz CT molecular complexity index is 610. The molecule has 5 N–H and O–H groups in total. The molecule has 1 aliphatic rings. The summed E-state index contributed by atoms with van der Waals surface area (Å²) in [5.74, 6) is -0.963. The van der Waals surface area contributed by atoms with E-state index in [1.165, 1.54) is 17.9 Å². The van der Waals surface area contributed by atoms with Gasteiger partial charge in [0.2, 0.25) is 15.9 Å². The van der Waals surface area contributed by atoms with Crippen molar-refractivity contribution in [3.05, 3.63) is 6.20 Å². The van der Waals surface area contributed by atoms with Crippen LogP contribution < -0.4 is 11.5 Å². The normalized spacial score (nSPS) is 24.7. The summed E-state index contributed by atoms with van der Waals surface area (Å²) in [4.78, 5) is 11.1. The SMILES string of the molecule is Cn1cc(S(=O)(=O)N2CC(O)CC2C(N)=O)c(N)n1. The highest BCUT2D eigenvalue weighted by Gasteiger charge is 2.43. The zero-order valence-corrected chi connectivity index (χ0v) is 11.0. The fourth-order valence-electron chi connectivity index (χ4n) is 2.12. The predicted octanol–water partition coefficient (Wildman–Crippen LogP) is -2.39. The second-order valence-corrected chi connectivity index (χ2v) is 6.29. The second-order valence-electron chi connectivity index (χ2n) is 4.43. The fraction of sp³-hybridized carbons (Fsp3) is 0.556. The third kappa shape index (κ3) is 2.29. The average molecular weight is 289 g/mol. The number of rotatable bonds is 3. The van der Waals surface area contributed by atoms with Gasteiger partial charge >= 0.3 is 0 Å². The lowest BCUT2D eigenvalue weighted by atomic mass is 10.2. The van der Waals surface area contributed by atoms with Crippen molar-refractivity contribution in [2.24, 2.45) is 12.8 Å². The van der Waals surface area contributed by atoms with E-state index in [9.17, 15) is 18.3 Å². The number of aliphatic hydroxyl groups excluding tert-OH is 1. The Morgan fingerprint density at radius 2 is 2.21 bits per heavy atom. The number of nitrogens with two attached hydrogens (primary N) is 2. The van der Waals surface area contributed by atoms with Crippen LogP contribution in [0, 0.1) is 0 Å². The van der Waals surface area contributed by atoms with E-state index < -0.39 is 28.1 Å². The largest absolute Gasteiger partial charge is 0.392 e. The predicted molar refractivity (Wildman–Crippen MR) is 65.1 cm³/mol. The topological polar surface area (TPSA) is 145 Å². The zero-order valence-electron chi connectivity index (χ0n) is 10.2. The Labute approximate surface area is 109 Å². The molecule has 1 aliphatic heterocycles. The molecule has 0 aromatic carbocycles. The molecule has 2 atom stereocenters. The van der Waals surface area contributed by atoms with Crippen LogP contribution in [0.15, 0.2) is 11.1 Å². The molecule has 2 unspecified atom stereocenters. The lowest BCUT2D eigenvalue weighted by Crippen LogP contribution is -2.43. The first-order valence-electron chi connectivity index (χ1n) is 5.52. The van der Waals surface area contributed by atoms with Gasteiger partial charge < -0.3 is 16.6 Å². The van der Waals surface area contributed by atoms with Crippen LogP contribution in [0.4, 0.5) is 5.82 Å². The first-order valence-corrected chi connectivity index (χ1v) is 6.96. The molecule has 106 valence electrons. The van der Waals surface area contributed by atoms with Crippen LogP contribution >= 0.6 is 0 Å². The average Bonchev–Trinajstić information content (AvgIpc) is 2.82. The molecule has 9 nitrogen and oxygen atoms in total. The Morgan fingerprint density at radius 3 is 2.68 bits per heavy atom. The minimum Gasteiger partial charge on any atom is -0.392 e. The van der Waals surface area contributed by atoms with Crippen LogP contribution in [-0.4, -0.2) is 52.2 Å². The highest BCUT2D eigenvalue weighted by molar-refractivity contribution is 7.89. The number of carbonyl (C=O) groups excluding carboxylic acids is 1. The van der Waals surface area contributed by atoms with Crippen molar-refractivity contribution in [2.45, 2.75) is 23.5 Å². The molecule has 1 amide bonds. The van der Waals surface area contributed by atoms with Gasteiger partial charge in [-0.3, -0.25) is 9.48 Å². The number of β-amino-alcohol motifs (C(OH)–C–C–N with tert-alkyl or cyclic N) is 1. The number of hydrogen-bond donors (Lipinski definition) is 3. The van der Waals surface area contributed by atoms with E-state index in [4.69, 9.17) is 11.5 Å². The molecule has 0 bridgehead atoms. The van der Waals surface area contributed by atoms with Crippen molar-refractivity contribution >= 4 is 21.7 Å². The van der Waals surface area contributed by atoms with Crippen molar-refractivity contribution in [1.82, 2.24) is 14.1 Å². The Balaban J connectivity index is 2.44. The monoisotopic (exact) mass is 289 g/mol. The highest BCUT2D eigenvalue weighted by atomic mass is 32.2. The molecule has 0 spiro atoms. The van der Waals surface area contributed by atoms with Gasteiger partial charge in [-0.05, 0) is 0 Å². The van der Waals surface area contributed by atoms with Gasteiger partial charge in [0, 0.05) is 26.2 Å². The van der Waals surface area contributed by atoms with Crippen LogP contribution in [0.3, 0.4) is 0 Å². The van der Waals surface area contributed by atoms with Crippen LogP contribution in [0.25, 0.3) is 0 Å². The fourth-order valence-corrected chi connectivity index (χ4v) is 3.85. The number of aryl methyl sites for hydroxylation is 1. The first-order chi connectivity index (χ1) is 8.73. The zero-order chi connectivity index (χ0) is 14.4. The summed E-state index contributed by atoms with van der Waals surface area (Å²) in [6.45, 7) is -0.190. The molecule has 2 heterocycles. The number of amides is 1. The van der Waals surface area contributed by atoms with Crippen LogP contribution in [0.5, 0.6) is 0 Å². The molecule has 1 fully saturated rings. The molecule has 19 heavy (non-hydrogen) atoms. The molecule has 1 aromatic heterocycles. The van der Waals surface area contributed by atoms with E-state index in [0.29, 0.717) is 0 Å². The smallest absolute Gasteiger partial charge is 0.249 e. The third-order valence-corrected chi connectivity index (χ3v) is 4.86. The van der Waals surface area contributed by atoms with E-state index in [1.807, 2.05) is 0 Å². The van der Waals surface area contributed by atoms with Gasteiger partial charge in [-0.1, -0.05) is 0 Å². The number of anilines is 1. The number of aromatic nitrogens is 2. The van der Waals surface area contributed by atoms with Gasteiger partial charge in [0.15, 0.2) is 5.82 Å². The maximum Gasteiger partial charge on any atom is 0.249 e. The maximum atomic E-state index is 12.4. The van der Waals surface area contributed by atoms with Crippen LogP contribution in [0.2, 0.25) is 0 Å². The molecule has 10 heteroatoms. The van der Waals surface area contributed by atoms with Crippen LogP contribution in [0.1, 0.15) is 6.42 Å². The van der Waals surface area contributed by atoms with Crippen LogP contribution in [-0.2, 0) is 21.9 Å². The Hall–Kier alpha value is -1.65. The van der Waals surface area contributed by atoms with Gasteiger partial charge in [0.1, 0.15) is 10.9 Å². The van der Waals surface area contributed by atoms with E-state index >= 15 is 0 Å². The lowest BCUT2D eigenvalue weighted by molar-refractivity contribution is -0.121. The minimum absolute atomic E-state index is 0.0191. The molecule has 1 saturated heterocycles. The summed E-state index contributed by atoms with van der Waals surface area (Å²) >= 11 is 0. The third-order valence-electron chi connectivity index (χ3n) is 2.97. The summed E-state index contributed by atoms with van der Waals surface area (Å²) < 4.78 is 26.9. The summed E-state index contributed by atoms with van der Waals surface area (Å²) in [5, 5.41) is 13.3. The number of aliphatic hydroxyl groups is 1. The summed E-state index contributed by atoms with van der Waals surface area (Å²) in [6.07, 6.45) is 0.299. The van der Waals surface area contributed by atoms with Gasteiger partial charge in [-0.2, -0.15) is 9.40 Å². The quantitative estimate of drug-likeness (QED) is 0.566. The van der Waals surface area contributed by atoms with E-state index in [1.54, 1.807) is 0 Å². The minimum atomic E-state index is -4.01. The maximum absolute atomic E-state index is 12.4. The van der Waals surface area contributed by atoms with Gasteiger partial charge in [-0.25, -0.2) is 8.42 Å². The number of sulfonamides is 1. The molecule has 0 aliphatic carbocycles. The van der Waals surface area contributed by atoms with Gasteiger partial charge in [-0.15, -0.1) is 0 Å². The van der Waals surface area contributed by atoms with Gasteiger partial charge in [0.25, 0.3) is 0 Å². The van der Waals surface area contributed by atoms with Crippen molar-refractivity contribution in [1.29, 1.82) is 0 Å². The molecule has 0 saturated carbocycles.